The van der Waals surface area contributed by atoms with Crippen molar-refractivity contribution in [2.75, 3.05) is 13.1 Å². The van der Waals surface area contributed by atoms with E-state index in [9.17, 15) is 4.79 Å². The van der Waals surface area contributed by atoms with Gasteiger partial charge in [0.25, 0.3) is 5.91 Å². The van der Waals surface area contributed by atoms with E-state index in [0.29, 0.717) is 6.04 Å². The number of imidazole rings is 1. The van der Waals surface area contributed by atoms with Crippen LogP contribution in [-0.2, 0) is 0 Å². The Morgan fingerprint density at radius 2 is 2.44 bits per heavy atom. The minimum Gasteiger partial charge on any atom is -0.337 e. The zero-order chi connectivity index (χ0) is 12.4. The van der Waals surface area contributed by atoms with Gasteiger partial charge in [-0.25, -0.2) is 4.98 Å². The average molecular weight is 261 g/mol. The number of likely N-dealkylation sites (tertiary alicyclic amines) is 1. The van der Waals surface area contributed by atoms with Crippen LogP contribution in [0.25, 0.3) is 0 Å². The fourth-order valence-electron chi connectivity index (χ4n) is 2.44. The molecule has 0 radical (unpaired) electrons. The summed E-state index contributed by atoms with van der Waals surface area (Å²) in [4.78, 5) is 18.3. The van der Waals surface area contributed by atoms with Crippen molar-refractivity contribution in [3.05, 3.63) is 41.1 Å². The van der Waals surface area contributed by atoms with Gasteiger partial charge in [-0.1, -0.05) is 0 Å². The molecule has 1 unspecified atom stereocenters. The maximum absolute atomic E-state index is 12.3. The third-order valence-electron chi connectivity index (χ3n) is 3.40. The van der Waals surface area contributed by atoms with Gasteiger partial charge in [-0.3, -0.25) is 4.79 Å². The van der Waals surface area contributed by atoms with Gasteiger partial charge < -0.3 is 9.47 Å². The van der Waals surface area contributed by atoms with E-state index < -0.39 is 0 Å². The number of nitrogens with zero attached hydrogens (tertiary/aromatic N) is 3. The highest BCUT2D eigenvalue weighted by Gasteiger charge is 2.25. The minimum atomic E-state index is 0.154. The fraction of sp³-hybridized carbons (Fsp3) is 0.385. The quantitative estimate of drug-likeness (QED) is 0.832. The van der Waals surface area contributed by atoms with Crippen molar-refractivity contribution in [1.29, 1.82) is 0 Å². The van der Waals surface area contributed by atoms with Crippen molar-refractivity contribution in [1.82, 2.24) is 14.5 Å². The Morgan fingerprint density at radius 3 is 3.17 bits per heavy atom. The predicted octanol–water partition coefficient (Wildman–Crippen LogP) is 2.42. The Kier molecular flexibility index (Phi) is 3.15. The Morgan fingerprint density at radius 1 is 1.50 bits per heavy atom. The molecule has 94 valence electrons. The van der Waals surface area contributed by atoms with Crippen LogP contribution >= 0.6 is 11.3 Å². The van der Waals surface area contributed by atoms with Crippen LogP contribution in [0, 0.1) is 0 Å². The molecule has 0 aliphatic carbocycles. The molecule has 3 rings (SSSR count). The Balaban J connectivity index is 1.73. The van der Waals surface area contributed by atoms with E-state index >= 15 is 0 Å². The topological polar surface area (TPSA) is 38.1 Å². The van der Waals surface area contributed by atoms with E-state index in [-0.39, 0.29) is 5.91 Å². The van der Waals surface area contributed by atoms with Gasteiger partial charge in [0.2, 0.25) is 0 Å². The van der Waals surface area contributed by atoms with Gasteiger partial charge in [0.15, 0.2) is 0 Å². The third kappa shape index (κ3) is 2.18. The highest BCUT2D eigenvalue weighted by Crippen LogP contribution is 2.23. The number of hydrogen-bond donors (Lipinski definition) is 0. The number of carbonyl (C=O) groups excluding carboxylic acids is 1. The molecule has 0 N–H and O–H groups in total. The number of aromatic nitrogens is 2. The van der Waals surface area contributed by atoms with Gasteiger partial charge in [0.1, 0.15) is 0 Å². The van der Waals surface area contributed by atoms with E-state index in [2.05, 4.69) is 9.55 Å². The molecule has 1 aliphatic rings. The van der Waals surface area contributed by atoms with E-state index in [1.807, 2.05) is 34.3 Å². The van der Waals surface area contributed by atoms with E-state index in [0.717, 1.165) is 31.5 Å². The Labute approximate surface area is 110 Å². The summed E-state index contributed by atoms with van der Waals surface area (Å²) in [6.45, 7) is 1.64. The average Bonchev–Trinajstić information content (AvgIpc) is 3.11. The van der Waals surface area contributed by atoms with Crippen LogP contribution < -0.4 is 0 Å². The molecule has 1 atom stereocenters. The number of hydrogen-bond acceptors (Lipinski definition) is 3. The van der Waals surface area contributed by atoms with Crippen LogP contribution in [0.4, 0.5) is 0 Å². The first-order valence-electron chi connectivity index (χ1n) is 6.13. The summed E-state index contributed by atoms with van der Waals surface area (Å²) >= 11 is 1.57. The number of rotatable bonds is 2. The first-order valence-corrected chi connectivity index (χ1v) is 7.08. The zero-order valence-corrected chi connectivity index (χ0v) is 10.8. The molecule has 2 aromatic rings. The molecular weight excluding hydrogens is 246 g/mol. The summed E-state index contributed by atoms with van der Waals surface area (Å²) in [7, 11) is 0. The summed E-state index contributed by atoms with van der Waals surface area (Å²) < 4.78 is 2.10. The summed E-state index contributed by atoms with van der Waals surface area (Å²) in [5.41, 5.74) is 0.811. The number of piperidine rings is 1. The maximum atomic E-state index is 12.3. The van der Waals surface area contributed by atoms with Crippen molar-refractivity contribution in [3.8, 4) is 0 Å². The van der Waals surface area contributed by atoms with Crippen LogP contribution in [-0.4, -0.2) is 33.4 Å². The molecular formula is C13H15N3OS. The Bertz CT molecular complexity index is 506. The zero-order valence-electron chi connectivity index (χ0n) is 10.0. The first-order chi connectivity index (χ1) is 8.84. The normalized spacial score (nSPS) is 20.0. The number of thiophene rings is 1. The predicted molar refractivity (Wildman–Crippen MR) is 70.7 cm³/mol. The second-order valence-corrected chi connectivity index (χ2v) is 5.35. The van der Waals surface area contributed by atoms with Crippen molar-refractivity contribution < 1.29 is 4.79 Å². The lowest BCUT2D eigenvalue weighted by Gasteiger charge is -2.33. The smallest absolute Gasteiger partial charge is 0.254 e. The van der Waals surface area contributed by atoms with Gasteiger partial charge in [0.05, 0.1) is 17.9 Å². The minimum absolute atomic E-state index is 0.154. The molecule has 4 nitrogen and oxygen atoms in total. The van der Waals surface area contributed by atoms with Crippen molar-refractivity contribution in [3.63, 3.8) is 0 Å². The summed E-state index contributed by atoms with van der Waals surface area (Å²) in [5.74, 6) is 0.154. The molecule has 1 saturated heterocycles. The lowest BCUT2D eigenvalue weighted by atomic mass is 10.0. The van der Waals surface area contributed by atoms with Gasteiger partial charge in [-0.05, 0) is 24.3 Å². The largest absolute Gasteiger partial charge is 0.337 e. The van der Waals surface area contributed by atoms with Crippen LogP contribution in [0.5, 0.6) is 0 Å². The molecule has 1 fully saturated rings. The standard InChI is InChI=1S/C13H15N3OS/c17-13(11-3-7-18-9-11)15-5-1-2-12(8-15)16-6-4-14-10-16/h3-4,6-7,9-10,12H,1-2,5,8H2. The van der Waals surface area contributed by atoms with Crippen LogP contribution in [0.15, 0.2) is 35.5 Å². The van der Waals surface area contributed by atoms with Crippen molar-refractivity contribution >= 4 is 17.2 Å². The number of amides is 1. The SMILES string of the molecule is O=C(c1ccsc1)N1CCCC(n2ccnc2)C1. The van der Waals surface area contributed by atoms with Crippen LogP contribution in [0.2, 0.25) is 0 Å². The highest BCUT2D eigenvalue weighted by molar-refractivity contribution is 7.08. The second kappa shape index (κ2) is 4.94. The second-order valence-electron chi connectivity index (χ2n) is 4.57. The molecule has 1 aliphatic heterocycles. The maximum Gasteiger partial charge on any atom is 0.254 e. The Hall–Kier alpha value is -1.62. The van der Waals surface area contributed by atoms with E-state index in [1.165, 1.54) is 0 Å². The molecule has 0 aromatic carbocycles. The fourth-order valence-corrected chi connectivity index (χ4v) is 3.07. The highest BCUT2D eigenvalue weighted by atomic mass is 32.1. The van der Waals surface area contributed by atoms with Gasteiger partial charge in [0, 0.05) is 30.9 Å². The molecule has 3 heterocycles. The summed E-state index contributed by atoms with van der Waals surface area (Å²) in [6.07, 6.45) is 7.77. The lowest BCUT2D eigenvalue weighted by Crippen LogP contribution is -2.40. The first kappa shape index (κ1) is 11.5. The summed E-state index contributed by atoms with van der Waals surface area (Å²) in [6, 6.07) is 2.26. The molecule has 1 amide bonds. The van der Waals surface area contributed by atoms with Crippen molar-refractivity contribution in [2.45, 2.75) is 18.9 Å². The molecule has 18 heavy (non-hydrogen) atoms. The summed E-state index contributed by atoms with van der Waals surface area (Å²) in [5, 5.41) is 3.87. The molecule has 0 saturated carbocycles. The van der Waals surface area contributed by atoms with E-state index in [1.54, 1.807) is 17.5 Å². The van der Waals surface area contributed by atoms with Gasteiger partial charge in [-0.2, -0.15) is 11.3 Å². The monoisotopic (exact) mass is 261 g/mol. The molecule has 5 heteroatoms. The van der Waals surface area contributed by atoms with Crippen molar-refractivity contribution in [2.24, 2.45) is 0 Å². The van der Waals surface area contributed by atoms with Gasteiger partial charge >= 0.3 is 0 Å². The van der Waals surface area contributed by atoms with Crippen LogP contribution in [0.3, 0.4) is 0 Å². The van der Waals surface area contributed by atoms with Gasteiger partial charge in [-0.15, -0.1) is 0 Å². The number of carbonyl (C=O) groups is 1. The van der Waals surface area contributed by atoms with Crippen LogP contribution in [0.1, 0.15) is 29.2 Å². The molecule has 0 spiro atoms. The van der Waals surface area contributed by atoms with E-state index in [4.69, 9.17) is 0 Å². The molecule has 0 bridgehead atoms. The molecule has 2 aromatic heterocycles. The lowest BCUT2D eigenvalue weighted by molar-refractivity contribution is 0.0680. The third-order valence-corrected chi connectivity index (χ3v) is 4.08.